The zero-order valence-corrected chi connectivity index (χ0v) is 16.9. The number of fused-ring (bicyclic) bond motifs is 4. The van der Waals surface area contributed by atoms with Gasteiger partial charge in [0.15, 0.2) is 5.11 Å². The lowest BCUT2D eigenvalue weighted by atomic mass is 9.83. The van der Waals surface area contributed by atoms with Crippen LogP contribution in [0, 0.1) is 5.92 Å². The number of carbonyl (C=O) groups excluding carboxylic acids is 1. The number of nitrogens with zero attached hydrogens (tertiary/aromatic N) is 2. The van der Waals surface area contributed by atoms with E-state index in [2.05, 4.69) is 10.2 Å². The maximum Gasteiger partial charge on any atom is 0.339 e. The summed E-state index contributed by atoms with van der Waals surface area (Å²) in [5.74, 6) is 0.160. The maximum atomic E-state index is 12.2. The van der Waals surface area contributed by atoms with Crippen molar-refractivity contribution < 1.29 is 9.53 Å². The Balaban J connectivity index is 1.51. The molecule has 6 nitrogen and oxygen atoms in total. The van der Waals surface area contributed by atoms with Gasteiger partial charge in [-0.15, -0.1) is 0 Å². The number of piperidine rings is 1. The summed E-state index contributed by atoms with van der Waals surface area (Å²) in [7, 11) is 1.32. The molecule has 2 aliphatic heterocycles. The molecular formula is C20H20ClN3O3S. The molecule has 8 heteroatoms. The number of aromatic nitrogens is 1. The molecule has 3 heterocycles. The second-order valence-electron chi connectivity index (χ2n) is 7.22. The minimum Gasteiger partial charge on any atom is -0.465 e. The van der Waals surface area contributed by atoms with Crippen molar-refractivity contribution in [2.24, 2.45) is 5.92 Å². The van der Waals surface area contributed by atoms with Crippen molar-refractivity contribution in [3.05, 3.63) is 63.0 Å². The first-order valence-corrected chi connectivity index (χ1v) is 9.88. The number of methoxy groups -OCH3 is 1. The second kappa shape index (κ2) is 7.56. The Morgan fingerprint density at radius 3 is 2.86 bits per heavy atom. The van der Waals surface area contributed by atoms with E-state index < -0.39 is 5.97 Å². The topological polar surface area (TPSA) is 63.6 Å². The fourth-order valence-corrected chi connectivity index (χ4v) is 4.60. The molecule has 2 aromatic rings. The molecule has 0 aliphatic carbocycles. The molecule has 28 heavy (non-hydrogen) atoms. The Hall–Kier alpha value is -2.38. The van der Waals surface area contributed by atoms with Gasteiger partial charge in [-0.05, 0) is 48.8 Å². The van der Waals surface area contributed by atoms with Gasteiger partial charge in [-0.25, -0.2) is 4.79 Å². The summed E-state index contributed by atoms with van der Waals surface area (Å²) >= 11 is 11.7. The summed E-state index contributed by atoms with van der Waals surface area (Å²) in [6.07, 6.45) is 1.07. The Morgan fingerprint density at radius 1 is 1.25 bits per heavy atom. The van der Waals surface area contributed by atoms with Crippen LogP contribution in [0.3, 0.4) is 0 Å². The van der Waals surface area contributed by atoms with Crippen LogP contribution in [0.25, 0.3) is 0 Å². The summed E-state index contributed by atoms with van der Waals surface area (Å²) < 4.78 is 6.66. The molecule has 0 spiro atoms. The molecule has 2 aliphatic rings. The van der Waals surface area contributed by atoms with Crippen LogP contribution in [-0.4, -0.2) is 40.7 Å². The first-order valence-electron chi connectivity index (χ1n) is 9.10. The zero-order chi connectivity index (χ0) is 19.8. The van der Waals surface area contributed by atoms with Crippen molar-refractivity contribution in [3.8, 4) is 0 Å². The number of anilines is 1. The van der Waals surface area contributed by atoms with Crippen LogP contribution >= 0.6 is 23.8 Å². The number of hydrogen-bond donors (Lipinski definition) is 1. The fraction of sp³-hybridized carbons (Fsp3) is 0.350. The number of ether oxygens (including phenoxy) is 1. The maximum absolute atomic E-state index is 12.2. The summed E-state index contributed by atoms with van der Waals surface area (Å²) in [6, 6.07) is 10.5. The van der Waals surface area contributed by atoms with Crippen LogP contribution < -0.4 is 10.9 Å². The van der Waals surface area contributed by atoms with Crippen LogP contribution in [0.5, 0.6) is 0 Å². The van der Waals surface area contributed by atoms with Gasteiger partial charge in [0.05, 0.1) is 17.7 Å². The van der Waals surface area contributed by atoms with Gasteiger partial charge in [-0.3, -0.25) is 4.79 Å². The number of nitrogens with one attached hydrogen (secondary N) is 1. The number of thiocarbonyl (C=S) groups is 1. The molecule has 0 radical (unpaired) electrons. The fourth-order valence-electron chi connectivity index (χ4n) is 4.13. The third-order valence-electron chi connectivity index (χ3n) is 5.39. The van der Waals surface area contributed by atoms with E-state index in [1.807, 2.05) is 16.7 Å². The lowest BCUT2D eigenvalue weighted by Crippen LogP contribution is -2.50. The second-order valence-corrected chi connectivity index (χ2v) is 8.01. The third kappa shape index (κ3) is 3.52. The highest BCUT2D eigenvalue weighted by Crippen LogP contribution is 2.35. The standard InChI is InChI=1S/C20H20ClN3O3S/c1-27-19(26)15-8-14(5-6-16(15)21)22-20(28)23-9-12-7-13(11-23)17-3-2-4-18(25)24(17)10-12/h2-6,8,12-13H,7,9-11H2,1H3,(H,22,28)/t12-,13+/m0/s1. The molecule has 2 bridgehead atoms. The van der Waals surface area contributed by atoms with E-state index in [0.29, 0.717) is 27.3 Å². The van der Waals surface area contributed by atoms with Crippen LogP contribution in [0.15, 0.2) is 41.2 Å². The van der Waals surface area contributed by atoms with E-state index in [0.717, 1.165) is 31.7 Å². The van der Waals surface area contributed by atoms with Crippen molar-refractivity contribution >= 4 is 40.6 Å². The van der Waals surface area contributed by atoms with Crippen molar-refractivity contribution in [2.45, 2.75) is 18.9 Å². The molecule has 1 aromatic carbocycles. The summed E-state index contributed by atoms with van der Waals surface area (Å²) in [4.78, 5) is 26.1. The molecule has 1 saturated heterocycles. The first kappa shape index (κ1) is 19.0. The Labute approximate surface area is 173 Å². The van der Waals surface area contributed by atoms with E-state index in [1.165, 1.54) is 7.11 Å². The number of benzene rings is 1. The van der Waals surface area contributed by atoms with Gasteiger partial charge in [0.2, 0.25) is 0 Å². The van der Waals surface area contributed by atoms with Gasteiger partial charge in [-0.1, -0.05) is 17.7 Å². The summed E-state index contributed by atoms with van der Waals surface area (Å²) in [5.41, 5.74) is 2.12. The number of rotatable bonds is 2. The van der Waals surface area contributed by atoms with Crippen molar-refractivity contribution in [3.63, 3.8) is 0 Å². The van der Waals surface area contributed by atoms with Crippen LogP contribution in [0.1, 0.15) is 28.4 Å². The predicted molar refractivity (Wildman–Crippen MR) is 112 cm³/mol. The van der Waals surface area contributed by atoms with Crippen molar-refractivity contribution in [2.75, 3.05) is 25.5 Å². The Morgan fingerprint density at radius 2 is 2.07 bits per heavy atom. The average molecular weight is 418 g/mol. The van der Waals surface area contributed by atoms with E-state index in [-0.39, 0.29) is 11.5 Å². The van der Waals surface area contributed by atoms with Crippen LogP contribution in [0.4, 0.5) is 5.69 Å². The monoisotopic (exact) mass is 417 g/mol. The molecule has 0 unspecified atom stereocenters. The third-order valence-corrected chi connectivity index (χ3v) is 6.08. The largest absolute Gasteiger partial charge is 0.465 e. The van der Waals surface area contributed by atoms with Crippen molar-refractivity contribution in [1.82, 2.24) is 9.47 Å². The molecule has 1 N–H and O–H groups in total. The molecule has 146 valence electrons. The smallest absolute Gasteiger partial charge is 0.339 e. The summed E-state index contributed by atoms with van der Waals surface area (Å²) in [6.45, 7) is 2.27. The Bertz CT molecular complexity index is 1010. The van der Waals surface area contributed by atoms with E-state index >= 15 is 0 Å². The average Bonchev–Trinajstić information content (AvgIpc) is 2.69. The molecule has 4 rings (SSSR count). The quantitative estimate of drug-likeness (QED) is 0.598. The lowest BCUT2D eigenvalue weighted by Gasteiger charge is -2.43. The van der Waals surface area contributed by atoms with Crippen LogP contribution in [-0.2, 0) is 11.3 Å². The first-order chi connectivity index (χ1) is 13.5. The number of esters is 1. The number of hydrogen-bond acceptors (Lipinski definition) is 4. The Kier molecular flexibility index (Phi) is 5.12. The minimum absolute atomic E-state index is 0.0675. The van der Waals surface area contributed by atoms with Gasteiger partial charge in [0.25, 0.3) is 5.56 Å². The molecule has 1 fully saturated rings. The predicted octanol–water partition coefficient (Wildman–Crippen LogP) is 3.10. The number of halogens is 1. The number of carbonyl (C=O) groups is 1. The number of pyridine rings is 1. The zero-order valence-electron chi connectivity index (χ0n) is 15.4. The molecule has 0 amide bonds. The SMILES string of the molecule is COC(=O)c1cc(NC(=S)N2C[C@@H]3C[C@H](C2)c2cccc(=O)n2C3)ccc1Cl. The molecule has 2 atom stereocenters. The van der Waals surface area contributed by atoms with Gasteiger partial charge in [0.1, 0.15) is 0 Å². The van der Waals surface area contributed by atoms with E-state index in [9.17, 15) is 9.59 Å². The minimum atomic E-state index is -0.492. The van der Waals surface area contributed by atoms with Gasteiger partial charge < -0.3 is 19.5 Å². The summed E-state index contributed by atoms with van der Waals surface area (Å²) in [5, 5.41) is 4.13. The van der Waals surface area contributed by atoms with Gasteiger partial charge in [-0.2, -0.15) is 0 Å². The molecule has 0 saturated carbocycles. The van der Waals surface area contributed by atoms with E-state index in [1.54, 1.807) is 24.3 Å². The highest BCUT2D eigenvalue weighted by Gasteiger charge is 2.35. The van der Waals surface area contributed by atoms with Gasteiger partial charge in [0, 0.05) is 43.0 Å². The normalized spacial score (nSPS) is 20.3. The lowest BCUT2D eigenvalue weighted by molar-refractivity contribution is 0.0601. The number of likely N-dealkylation sites (tertiary alicyclic amines) is 1. The van der Waals surface area contributed by atoms with E-state index in [4.69, 9.17) is 28.6 Å². The van der Waals surface area contributed by atoms with Crippen LogP contribution in [0.2, 0.25) is 5.02 Å². The molecular weight excluding hydrogens is 398 g/mol. The van der Waals surface area contributed by atoms with Gasteiger partial charge >= 0.3 is 5.97 Å². The highest BCUT2D eigenvalue weighted by atomic mass is 35.5. The molecule has 1 aromatic heterocycles. The highest BCUT2D eigenvalue weighted by molar-refractivity contribution is 7.80. The van der Waals surface area contributed by atoms with Crippen molar-refractivity contribution in [1.29, 1.82) is 0 Å².